The van der Waals surface area contributed by atoms with Gasteiger partial charge in [0, 0.05) is 18.3 Å². The van der Waals surface area contributed by atoms with Crippen molar-refractivity contribution < 1.29 is 22.0 Å². The summed E-state index contributed by atoms with van der Waals surface area (Å²) in [7, 11) is -2.86. The van der Waals surface area contributed by atoms with E-state index in [1.807, 2.05) is 0 Å². The standard InChI is InChI=1S/C10H21F3O2Si/c1-7(2)14-16(5,15-8(3)4)6-9(11)10(12)13/h7-10H,6H2,1-5H3. The van der Waals surface area contributed by atoms with Gasteiger partial charge in [0.25, 0.3) is 6.43 Å². The van der Waals surface area contributed by atoms with E-state index in [0.717, 1.165) is 0 Å². The highest BCUT2D eigenvalue weighted by Gasteiger charge is 2.39. The number of hydrogen-bond acceptors (Lipinski definition) is 2. The van der Waals surface area contributed by atoms with Crippen LogP contribution in [0.4, 0.5) is 13.2 Å². The summed E-state index contributed by atoms with van der Waals surface area (Å²) < 4.78 is 48.4. The van der Waals surface area contributed by atoms with Gasteiger partial charge in [0.15, 0.2) is 6.17 Å². The second kappa shape index (κ2) is 6.61. The van der Waals surface area contributed by atoms with Gasteiger partial charge in [-0.2, -0.15) is 0 Å². The van der Waals surface area contributed by atoms with Crippen molar-refractivity contribution in [2.45, 2.75) is 65.1 Å². The molecule has 0 aromatic rings. The summed E-state index contributed by atoms with van der Waals surface area (Å²) in [5.41, 5.74) is 0. The van der Waals surface area contributed by atoms with E-state index in [1.54, 1.807) is 34.2 Å². The lowest BCUT2D eigenvalue weighted by atomic mass is 10.5. The molecular weight excluding hydrogens is 237 g/mol. The van der Waals surface area contributed by atoms with Crippen molar-refractivity contribution in [2.75, 3.05) is 0 Å². The smallest absolute Gasteiger partial charge is 0.338 e. The van der Waals surface area contributed by atoms with Gasteiger partial charge in [0.2, 0.25) is 0 Å². The maximum Gasteiger partial charge on any atom is 0.338 e. The fourth-order valence-electron chi connectivity index (χ4n) is 1.56. The van der Waals surface area contributed by atoms with Crippen molar-refractivity contribution in [1.29, 1.82) is 0 Å². The Morgan fingerprint density at radius 3 is 1.56 bits per heavy atom. The molecule has 0 heterocycles. The second-order valence-corrected chi connectivity index (χ2v) is 7.67. The van der Waals surface area contributed by atoms with Crippen molar-refractivity contribution >= 4 is 8.56 Å². The van der Waals surface area contributed by atoms with Crippen LogP contribution in [-0.4, -0.2) is 33.4 Å². The highest BCUT2D eigenvalue weighted by atomic mass is 28.4. The molecule has 2 nitrogen and oxygen atoms in total. The van der Waals surface area contributed by atoms with Crippen LogP contribution in [0.5, 0.6) is 0 Å². The third-order valence-corrected chi connectivity index (χ3v) is 4.88. The number of alkyl halides is 3. The Bertz CT molecular complexity index is 191. The number of halogens is 3. The lowest BCUT2D eigenvalue weighted by Crippen LogP contribution is -2.45. The number of rotatable bonds is 7. The van der Waals surface area contributed by atoms with E-state index in [0.29, 0.717) is 0 Å². The van der Waals surface area contributed by atoms with Crippen LogP contribution < -0.4 is 0 Å². The molecule has 0 N–H and O–H groups in total. The molecule has 1 unspecified atom stereocenters. The first-order chi connectivity index (χ1) is 7.16. The molecule has 0 aliphatic heterocycles. The Balaban J connectivity index is 4.52. The summed E-state index contributed by atoms with van der Waals surface area (Å²) in [6.45, 7) is 8.76. The summed E-state index contributed by atoms with van der Waals surface area (Å²) in [5.74, 6) is 0. The Kier molecular flexibility index (Phi) is 6.58. The van der Waals surface area contributed by atoms with E-state index in [1.165, 1.54) is 0 Å². The van der Waals surface area contributed by atoms with Crippen LogP contribution in [0.2, 0.25) is 12.6 Å². The molecule has 0 aliphatic rings. The van der Waals surface area contributed by atoms with Crippen molar-refractivity contribution in [2.24, 2.45) is 0 Å². The highest BCUT2D eigenvalue weighted by Crippen LogP contribution is 2.24. The van der Waals surface area contributed by atoms with Crippen LogP contribution in [0.1, 0.15) is 27.7 Å². The Morgan fingerprint density at radius 1 is 0.938 bits per heavy atom. The van der Waals surface area contributed by atoms with Crippen molar-refractivity contribution in [1.82, 2.24) is 0 Å². The van der Waals surface area contributed by atoms with Gasteiger partial charge < -0.3 is 8.85 Å². The molecule has 0 aliphatic carbocycles. The van der Waals surface area contributed by atoms with Crippen molar-refractivity contribution in [3.63, 3.8) is 0 Å². The van der Waals surface area contributed by atoms with E-state index < -0.39 is 21.2 Å². The van der Waals surface area contributed by atoms with E-state index in [9.17, 15) is 13.2 Å². The normalized spacial score (nSPS) is 15.2. The predicted molar refractivity (Wildman–Crippen MR) is 59.8 cm³/mol. The Hall–Kier alpha value is -0.0731. The Labute approximate surface area is 96.4 Å². The quantitative estimate of drug-likeness (QED) is 0.651. The highest BCUT2D eigenvalue weighted by molar-refractivity contribution is 6.66. The Morgan fingerprint density at radius 2 is 1.31 bits per heavy atom. The third kappa shape index (κ3) is 6.50. The molecule has 0 fully saturated rings. The van der Waals surface area contributed by atoms with Crippen LogP contribution in [0.15, 0.2) is 0 Å². The van der Waals surface area contributed by atoms with Gasteiger partial charge in [-0.05, 0) is 34.2 Å². The minimum absolute atomic E-state index is 0.153. The van der Waals surface area contributed by atoms with Gasteiger partial charge >= 0.3 is 8.56 Å². The molecule has 0 rings (SSSR count). The maximum absolute atomic E-state index is 13.0. The summed E-state index contributed by atoms with van der Waals surface area (Å²) in [4.78, 5) is 0. The van der Waals surface area contributed by atoms with E-state index in [4.69, 9.17) is 8.85 Å². The molecule has 0 spiro atoms. The zero-order valence-corrected chi connectivity index (χ0v) is 11.5. The molecule has 0 saturated heterocycles. The van der Waals surface area contributed by atoms with Crippen LogP contribution >= 0.6 is 0 Å². The zero-order valence-electron chi connectivity index (χ0n) is 10.5. The van der Waals surface area contributed by atoms with Crippen LogP contribution in [0.25, 0.3) is 0 Å². The van der Waals surface area contributed by atoms with E-state index in [-0.39, 0.29) is 18.3 Å². The fourth-order valence-corrected chi connectivity index (χ4v) is 4.69. The summed E-state index contributed by atoms with van der Waals surface area (Å²) >= 11 is 0. The molecule has 0 saturated carbocycles. The first-order valence-corrected chi connectivity index (χ1v) is 7.96. The first kappa shape index (κ1) is 15.9. The third-order valence-electron chi connectivity index (χ3n) is 1.81. The lowest BCUT2D eigenvalue weighted by molar-refractivity contribution is 0.0436. The van der Waals surface area contributed by atoms with Crippen LogP contribution in [-0.2, 0) is 8.85 Å². The molecule has 0 aromatic carbocycles. The fraction of sp³-hybridized carbons (Fsp3) is 1.00. The molecule has 16 heavy (non-hydrogen) atoms. The van der Waals surface area contributed by atoms with E-state index in [2.05, 4.69) is 0 Å². The molecule has 0 amide bonds. The summed E-state index contributed by atoms with van der Waals surface area (Å²) in [5, 5.41) is 0. The van der Waals surface area contributed by atoms with Crippen LogP contribution in [0, 0.1) is 0 Å². The largest absolute Gasteiger partial charge is 0.392 e. The lowest BCUT2D eigenvalue weighted by Gasteiger charge is -2.31. The zero-order chi connectivity index (χ0) is 12.9. The minimum Gasteiger partial charge on any atom is -0.392 e. The predicted octanol–water partition coefficient (Wildman–Crippen LogP) is 3.51. The SMILES string of the molecule is CC(C)O[Si](C)(CC(F)C(F)F)OC(C)C. The van der Waals surface area contributed by atoms with Crippen molar-refractivity contribution in [3.05, 3.63) is 0 Å². The second-order valence-electron chi connectivity index (χ2n) is 4.52. The van der Waals surface area contributed by atoms with Gasteiger partial charge in [-0.1, -0.05) is 0 Å². The average molecular weight is 258 g/mol. The van der Waals surface area contributed by atoms with Gasteiger partial charge in [-0.15, -0.1) is 0 Å². The molecule has 0 aromatic heterocycles. The van der Waals surface area contributed by atoms with Gasteiger partial charge in [-0.25, -0.2) is 13.2 Å². The first-order valence-electron chi connectivity index (χ1n) is 5.44. The summed E-state index contributed by atoms with van der Waals surface area (Å²) in [6.07, 6.45) is -5.45. The average Bonchev–Trinajstić information content (AvgIpc) is 1.98. The van der Waals surface area contributed by atoms with Gasteiger partial charge in [0.05, 0.1) is 0 Å². The molecule has 0 bridgehead atoms. The van der Waals surface area contributed by atoms with Crippen molar-refractivity contribution in [3.8, 4) is 0 Å². The van der Waals surface area contributed by atoms with Crippen LogP contribution in [0.3, 0.4) is 0 Å². The molecule has 6 heteroatoms. The molecule has 0 radical (unpaired) electrons. The maximum atomic E-state index is 13.0. The number of hydrogen-bond donors (Lipinski definition) is 0. The molecular formula is C10H21F3O2Si. The van der Waals surface area contributed by atoms with E-state index >= 15 is 0 Å². The summed E-state index contributed by atoms with van der Waals surface area (Å²) in [6, 6.07) is -0.332. The van der Waals surface area contributed by atoms with Gasteiger partial charge in [0.1, 0.15) is 0 Å². The monoisotopic (exact) mass is 258 g/mol. The molecule has 98 valence electrons. The topological polar surface area (TPSA) is 18.5 Å². The van der Waals surface area contributed by atoms with Gasteiger partial charge in [-0.3, -0.25) is 0 Å². The molecule has 1 atom stereocenters. The minimum atomic E-state index is -2.97.